The zero-order valence-corrected chi connectivity index (χ0v) is 16.3. The molecule has 1 aromatic carbocycles. The van der Waals surface area contributed by atoms with Gasteiger partial charge in [-0.3, -0.25) is 4.90 Å². The van der Waals surface area contributed by atoms with E-state index < -0.39 is 0 Å². The van der Waals surface area contributed by atoms with Crippen LogP contribution in [-0.2, 0) is 11.3 Å². The van der Waals surface area contributed by atoms with E-state index in [0.29, 0.717) is 44.0 Å². The second-order valence-electron chi connectivity index (χ2n) is 6.53. The molecule has 2 heterocycles. The maximum Gasteiger partial charge on any atom is 0.248 e. The van der Waals surface area contributed by atoms with E-state index in [9.17, 15) is 4.39 Å². The van der Waals surface area contributed by atoms with Crippen LogP contribution in [0.15, 0.2) is 33.8 Å². The predicted molar refractivity (Wildman–Crippen MR) is 103 cm³/mol. The van der Waals surface area contributed by atoms with Crippen molar-refractivity contribution in [1.29, 1.82) is 0 Å². The quantitative estimate of drug-likeness (QED) is 0.549. The molecule has 1 atom stereocenters. The molecule has 2 aromatic rings. The number of hydrogen-bond acceptors (Lipinski definition) is 6. The molecule has 1 aromatic heterocycles. The van der Waals surface area contributed by atoms with Gasteiger partial charge in [0.2, 0.25) is 5.89 Å². The molecule has 1 aliphatic heterocycles. The summed E-state index contributed by atoms with van der Waals surface area (Å²) in [6.45, 7) is 8.49. The number of halogens is 1. The van der Waals surface area contributed by atoms with Crippen LogP contribution in [0, 0.1) is 12.7 Å². The summed E-state index contributed by atoms with van der Waals surface area (Å²) < 4.78 is 24.0. The van der Waals surface area contributed by atoms with Gasteiger partial charge in [0.15, 0.2) is 11.8 Å². The van der Waals surface area contributed by atoms with Gasteiger partial charge in [0, 0.05) is 26.2 Å². The number of nitrogens with zero attached hydrogens (tertiary/aromatic N) is 4. The highest BCUT2D eigenvalue weighted by molar-refractivity contribution is 5.79. The van der Waals surface area contributed by atoms with Gasteiger partial charge in [0.1, 0.15) is 12.4 Å². The molecule has 152 valence electrons. The Hall–Kier alpha value is -2.52. The summed E-state index contributed by atoms with van der Waals surface area (Å²) in [6.07, 6.45) is 0. The standard InChI is InChI=1S/C19H27FN6O2/c1-3-21-19(23-13-18-24-14(2)25-28-18)22-12-17(26-8-10-27-11-9-26)15-4-6-16(20)7-5-15/h4-7,17H,3,8-13H2,1-2H3,(H2,21,22,23). The lowest BCUT2D eigenvalue weighted by atomic mass is 10.0. The lowest BCUT2D eigenvalue weighted by Crippen LogP contribution is -2.46. The Balaban J connectivity index is 1.69. The van der Waals surface area contributed by atoms with Gasteiger partial charge in [-0.2, -0.15) is 4.98 Å². The van der Waals surface area contributed by atoms with Crippen LogP contribution in [0.4, 0.5) is 4.39 Å². The molecule has 0 bridgehead atoms. The van der Waals surface area contributed by atoms with Crippen molar-refractivity contribution in [2.45, 2.75) is 26.4 Å². The van der Waals surface area contributed by atoms with Crippen molar-refractivity contribution in [2.75, 3.05) is 39.4 Å². The number of morpholine rings is 1. The van der Waals surface area contributed by atoms with Gasteiger partial charge in [0.05, 0.1) is 19.3 Å². The van der Waals surface area contributed by atoms with Crippen molar-refractivity contribution >= 4 is 5.96 Å². The minimum absolute atomic E-state index is 0.0824. The Morgan fingerprint density at radius 3 is 2.64 bits per heavy atom. The van der Waals surface area contributed by atoms with E-state index in [4.69, 9.17) is 9.26 Å². The maximum absolute atomic E-state index is 13.4. The average Bonchev–Trinajstić information content (AvgIpc) is 3.13. The number of benzene rings is 1. The summed E-state index contributed by atoms with van der Waals surface area (Å²) >= 11 is 0. The molecule has 1 fully saturated rings. The fourth-order valence-corrected chi connectivity index (χ4v) is 3.12. The van der Waals surface area contributed by atoms with E-state index in [0.717, 1.165) is 25.2 Å². The highest BCUT2D eigenvalue weighted by atomic mass is 19.1. The van der Waals surface area contributed by atoms with Crippen LogP contribution in [0.2, 0.25) is 0 Å². The van der Waals surface area contributed by atoms with Gasteiger partial charge >= 0.3 is 0 Å². The van der Waals surface area contributed by atoms with E-state index >= 15 is 0 Å². The zero-order valence-electron chi connectivity index (χ0n) is 16.3. The first-order valence-electron chi connectivity index (χ1n) is 9.54. The minimum atomic E-state index is -0.234. The number of aromatic nitrogens is 2. The summed E-state index contributed by atoms with van der Waals surface area (Å²) in [6, 6.07) is 6.75. The Morgan fingerprint density at radius 2 is 2.00 bits per heavy atom. The molecular weight excluding hydrogens is 363 g/mol. The van der Waals surface area contributed by atoms with Crippen LogP contribution in [0.3, 0.4) is 0 Å². The van der Waals surface area contributed by atoms with Crippen molar-refractivity contribution in [3.8, 4) is 0 Å². The molecular formula is C19H27FN6O2. The first kappa shape index (κ1) is 20.2. The molecule has 2 N–H and O–H groups in total. The summed E-state index contributed by atoms with van der Waals surface area (Å²) in [5.41, 5.74) is 1.05. The predicted octanol–water partition coefficient (Wildman–Crippen LogP) is 1.65. The van der Waals surface area contributed by atoms with E-state index in [-0.39, 0.29) is 11.9 Å². The number of rotatable bonds is 7. The van der Waals surface area contributed by atoms with E-state index in [1.165, 1.54) is 12.1 Å². The van der Waals surface area contributed by atoms with E-state index in [2.05, 4.69) is 30.7 Å². The van der Waals surface area contributed by atoms with Crippen molar-refractivity contribution in [1.82, 2.24) is 25.7 Å². The second kappa shape index (κ2) is 10.1. The molecule has 0 saturated carbocycles. The molecule has 1 saturated heterocycles. The summed E-state index contributed by atoms with van der Waals surface area (Å²) in [7, 11) is 0. The summed E-state index contributed by atoms with van der Waals surface area (Å²) in [5.74, 6) is 1.49. The van der Waals surface area contributed by atoms with Crippen LogP contribution >= 0.6 is 0 Å². The van der Waals surface area contributed by atoms with E-state index in [1.54, 1.807) is 6.92 Å². The fourth-order valence-electron chi connectivity index (χ4n) is 3.12. The normalized spacial score (nSPS) is 16.8. The SMILES string of the molecule is CCNC(=NCc1nc(C)no1)NCC(c1ccc(F)cc1)N1CCOCC1. The Labute approximate surface area is 164 Å². The third-order valence-corrected chi connectivity index (χ3v) is 4.49. The first-order chi connectivity index (χ1) is 13.7. The number of nitrogens with one attached hydrogen (secondary N) is 2. The fraction of sp³-hybridized carbons (Fsp3) is 0.526. The highest BCUT2D eigenvalue weighted by Crippen LogP contribution is 2.21. The molecule has 8 nitrogen and oxygen atoms in total. The van der Waals surface area contributed by atoms with Crippen LogP contribution in [-0.4, -0.2) is 60.4 Å². The molecule has 1 unspecified atom stereocenters. The molecule has 0 radical (unpaired) electrons. The summed E-state index contributed by atoms with van der Waals surface area (Å²) in [4.78, 5) is 11.0. The molecule has 9 heteroatoms. The number of aryl methyl sites for hydroxylation is 1. The Morgan fingerprint density at radius 1 is 1.25 bits per heavy atom. The third kappa shape index (κ3) is 5.74. The average molecular weight is 390 g/mol. The summed E-state index contributed by atoms with van der Waals surface area (Å²) in [5, 5.41) is 10.4. The van der Waals surface area contributed by atoms with Crippen LogP contribution < -0.4 is 10.6 Å². The van der Waals surface area contributed by atoms with Crippen LogP contribution in [0.5, 0.6) is 0 Å². The molecule has 0 amide bonds. The smallest absolute Gasteiger partial charge is 0.248 e. The molecule has 0 spiro atoms. The van der Waals surface area contributed by atoms with Gasteiger partial charge in [-0.05, 0) is 31.5 Å². The lowest BCUT2D eigenvalue weighted by molar-refractivity contribution is 0.0170. The monoisotopic (exact) mass is 390 g/mol. The van der Waals surface area contributed by atoms with Gasteiger partial charge in [-0.1, -0.05) is 17.3 Å². The zero-order chi connectivity index (χ0) is 19.8. The van der Waals surface area contributed by atoms with E-state index in [1.807, 2.05) is 19.1 Å². The highest BCUT2D eigenvalue weighted by Gasteiger charge is 2.23. The number of aliphatic imine (C=N–C) groups is 1. The Kier molecular flexibility index (Phi) is 7.32. The van der Waals surface area contributed by atoms with Crippen molar-refractivity contribution in [3.63, 3.8) is 0 Å². The molecule has 0 aliphatic carbocycles. The Bertz CT molecular complexity index is 758. The third-order valence-electron chi connectivity index (χ3n) is 4.49. The van der Waals surface area contributed by atoms with Gasteiger partial charge in [-0.25, -0.2) is 9.38 Å². The minimum Gasteiger partial charge on any atom is -0.379 e. The van der Waals surface area contributed by atoms with Crippen LogP contribution in [0.1, 0.15) is 30.2 Å². The molecule has 28 heavy (non-hydrogen) atoms. The topological polar surface area (TPSA) is 87.8 Å². The van der Waals surface area contributed by atoms with Crippen molar-refractivity contribution < 1.29 is 13.7 Å². The lowest BCUT2D eigenvalue weighted by Gasteiger charge is -2.35. The van der Waals surface area contributed by atoms with Gasteiger partial charge in [0.25, 0.3) is 0 Å². The largest absolute Gasteiger partial charge is 0.379 e. The van der Waals surface area contributed by atoms with Crippen LogP contribution in [0.25, 0.3) is 0 Å². The van der Waals surface area contributed by atoms with Crippen molar-refractivity contribution in [3.05, 3.63) is 47.4 Å². The van der Waals surface area contributed by atoms with Crippen molar-refractivity contribution in [2.24, 2.45) is 4.99 Å². The molecule has 3 rings (SSSR count). The number of guanidine groups is 1. The number of ether oxygens (including phenoxy) is 1. The maximum atomic E-state index is 13.4. The van der Waals surface area contributed by atoms with Gasteiger partial charge in [-0.15, -0.1) is 0 Å². The molecule has 1 aliphatic rings. The second-order valence-corrected chi connectivity index (χ2v) is 6.53. The number of hydrogen-bond donors (Lipinski definition) is 2. The first-order valence-corrected chi connectivity index (χ1v) is 9.54. The van der Waals surface area contributed by atoms with Gasteiger partial charge < -0.3 is 19.9 Å².